The fourth-order valence-electron chi connectivity index (χ4n) is 5.91. The molecule has 5 nitrogen and oxygen atoms in total. The zero-order chi connectivity index (χ0) is 20.2. The second-order valence-electron chi connectivity index (χ2n) is 9.04. The molecule has 0 aromatic heterocycles. The summed E-state index contributed by atoms with van der Waals surface area (Å²) in [5.41, 5.74) is 1.27. The highest BCUT2D eigenvalue weighted by atomic mass is 16.5. The van der Waals surface area contributed by atoms with E-state index in [4.69, 9.17) is 9.47 Å². The number of benzene rings is 1. The Balaban J connectivity index is 1.47. The second kappa shape index (κ2) is 9.38. The summed E-state index contributed by atoms with van der Waals surface area (Å²) in [4.78, 5) is 15.2. The maximum absolute atomic E-state index is 12.9. The predicted molar refractivity (Wildman–Crippen MR) is 115 cm³/mol. The number of amides is 1. The molecule has 2 saturated carbocycles. The summed E-state index contributed by atoms with van der Waals surface area (Å²) in [6.45, 7) is 2.67. The number of hydrogen-bond acceptors (Lipinski definition) is 4. The van der Waals surface area contributed by atoms with Crippen molar-refractivity contribution in [3.8, 4) is 11.5 Å². The molecule has 160 valence electrons. The van der Waals surface area contributed by atoms with Gasteiger partial charge in [0.25, 0.3) is 0 Å². The first-order valence-corrected chi connectivity index (χ1v) is 11.4. The van der Waals surface area contributed by atoms with Crippen LogP contribution in [0.5, 0.6) is 11.5 Å². The van der Waals surface area contributed by atoms with Gasteiger partial charge < -0.3 is 14.8 Å². The maximum Gasteiger partial charge on any atom is 0.234 e. The first-order chi connectivity index (χ1) is 14.2. The number of fused-ring (bicyclic) bond motifs is 1. The Bertz CT molecular complexity index is 699. The van der Waals surface area contributed by atoms with Gasteiger partial charge in [0.2, 0.25) is 5.91 Å². The zero-order valence-electron chi connectivity index (χ0n) is 18.0. The molecule has 1 aromatic carbocycles. The second-order valence-corrected chi connectivity index (χ2v) is 9.04. The highest BCUT2D eigenvalue weighted by Crippen LogP contribution is 2.55. The molecule has 4 atom stereocenters. The number of nitrogens with one attached hydrogen (secondary N) is 1. The summed E-state index contributed by atoms with van der Waals surface area (Å²) >= 11 is 0. The molecule has 1 saturated heterocycles. The Morgan fingerprint density at radius 1 is 0.966 bits per heavy atom. The van der Waals surface area contributed by atoms with Crippen molar-refractivity contribution in [3.63, 3.8) is 0 Å². The van der Waals surface area contributed by atoms with Gasteiger partial charge in [-0.2, -0.15) is 0 Å². The van der Waals surface area contributed by atoms with E-state index in [0.29, 0.717) is 24.3 Å². The quantitative estimate of drug-likeness (QED) is 0.785. The predicted octanol–water partition coefficient (Wildman–Crippen LogP) is 3.97. The molecule has 29 heavy (non-hydrogen) atoms. The molecule has 2 unspecified atom stereocenters. The van der Waals surface area contributed by atoms with Gasteiger partial charge in [0, 0.05) is 12.0 Å². The summed E-state index contributed by atoms with van der Waals surface area (Å²) < 4.78 is 11.0. The lowest BCUT2D eigenvalue weighted by atomic mass is 9.53. The van der Waals surface area contributed by atoms with Crippen molar-refractivity contribution in [2.75, 3.05) is 33.9 Å². The summed E-state index contributed by atoms with van der Waals surface area (Å²) in [5, 5.41) is 3.45. The van der Waals surface area contributed by atoms with Crippen LogP contribution in [-0.2, 0) is 4.79 Å². The number of carbonyl (C=O) groups is 1. The molecule has 0 spiro atoms. The Labute approximate surface area is 175 Å². The third-order valence-electron chi connectivity index (χ3n) is 7.37. The largest absolute Gasteiger partial charge is 0.493 e. The van der Waals surface area contributed by atoms with E-state index in [1.165, 1.54) is 56.9 Å². The number of hydrogen-bond donors (Lipinski definition) is 1. The molecule has 1 heterocycles. The van der Waals surface area contributed by atoms with E-state index in [1.54, 1.807) is 14.2 Å². The average molecular weight is 401 g/mol. The van der Waals surface area contributed by atoms with Gasteiger partial charge in [-0.1, -0.05) is 31.7 Å². The van der Waals surface area contributed by atoms with Crippen LogP contribution >= 0.6 is 0 Å². The highest BCUT2D eigenvalue weighted by molar-refractivity contribution is 5.78. The van der Waals surface area contributed by atoms with Crippen LogP contribution in [0.3, 0.4) is 0 Å². The smallest absolute Gasteiger partial charge is 0.234 e. The van der Waals surface area contributed by atoms with Gasteiger partial charge >= 0.3 is 0 Å². The van der Waals surface area contributed by atoms with E-state index in [0.717, 1.165) is 24.6 Å². The van der Waals surface area contributed by atoms with E-state index in [1.807, 2.05) is 6.07 Å². The van der Waals surface area contributed by atoms with Gasteiger partial charge in [0.15, 0.2) is 11.5 Å². The third-order valence-corrected chi connectivity index (χ3v) is 7.37. The van der Waals surface area contributed by atoms with Crippen molar-refractivity contribution >= 4 is 5.91 Å². The van der Waals surface area contributed by atoms with E-state index in [9.17, 15) is 4.79 Å². The molecule has 3 fully saturated rings. The van der Waals surface area contributed by atoms with Gasteiger partial charge in [0.05, 0.1) is 20.8 Å². The third kappa shape index (κ3) is 4.40. The van der Waals surface area contributed by atoms with Gasteiger partial charge in [-0.25, -0.2) is 0 Å². The molecular formula is C24H36N2O3. The molecule has 1 aromatic rings. The Kier molecular flexibility index (Phi) is 6.63. The molecule has 3 aliphatic rings. The fraction of sp³-hybridized carbons (Fsp3) is 0.708. The van der Waals surface area contributed by atoms with Gasteiger partial charge in [-0.3, -0.25) is 9.69 Å². The lowest BCUT2D eigenvalue weighted by Gasteiger charge is -2.55. The lowest BCUT2D eigenvalue weighted by Crippen LogP contribution is -2.60. The summed E-state index contributed by atoms with van der Waals surface area (Å²) in [7, 11) is 3.36. The summed E-state index contributed by atoms with van der Waals surface area (Å²) in [6, 6.07) is 6.52. The molecule has 5 heteroatoms. The van der Waals surface area contributed by atoms with Crippen LogP contribution in [0.2, 0.25) is 0 Å². The SMILES string of the molecule is COc1ccc([C@H]2C3CCCCC3[C@@H]2NC(=O)CN2CCCCCC2)cc1OC. The molecular weight excluding hydrogens is 364 g/mol. The van der Waals surface area contributed by atoms with E-state index >= 15 is 0 Å². The normalized spacial score (nSPS) is 29.9. The number of likely N-dealkylation sites (tertiary alicyclic amines) is 1. The van der Waals surface area contributed by atoms with Gasteiger partial charge in [0.1, 0.15) is 0 Å². The van der Waals surface area contributed by atoms with Crippen molar-refractivity contribution < 1.29 is 14.3 Å². The van der Waals surface area contributed by atoms with Crippen LogP contribution in [0.25, 0.3) is 0 Å². The Hall–Kier alpha value is -1.75. The lowest BCUT2D eigenvalue weighted by molar-refractivity contribution is -0.126. The van der Waals surface area contributed by atoms with Crippen molar-refractivity contribution in [1.82, 2.24) is 10.2 Å². The molecule has 0 bridgehead atoms. The molecule has 4 rings (SSSR count). The fourth-order valence-corrected chi connectivity index (χ4v) is 5.91. The minimum absolute atomic E-state index is 0.200. The molecule has 1 aliphatic heterocycles. The minimum Gasteiger partial charge on any atom is -0.493 e. The number of nitrogens with zero attached hydrogens (tertiary/aromatic N) is 1. The van der Waals surface area contributed by atoms with Gasteiger partial charge in [-0.15, -0.1) is 0 Å². The standard InChI is InChI=1S/C24H36N2O3/c1-28-20-12-11-17(15-21(20)29-2)23-18-9-5-6-10-19(18)24(23)25-22(27)16-26-13-7-3-4-8-14-26/h11-12,15,18-19,23-24H,3-10,13-14,16H2,1-2H3,(H,25,27)/t18?,19?,23-,24-/m0/s1. The molecule has 0 radical (unpaired) electrons. The van der Waals surface area contributed by atoms with Crippen molar-refractivity contribution in [2.45, 2.75) is 63.3 Å². The first kappa shape index (κ1) is 20.5. The van der Waals surface area contributed by atoms with Crippen molar-refractivity contribution in [2.24, 2.45) is 11.8 Å². The van der Waals surface area contributed by atoms with E-state index in [2.05, 4.69) is 22.3 Å². The highest BCUT2D eigenvalue weighted by Gasteiger charge is 2.52. The van der Waals surface area contributed by atoms with Crippen LogP contribution in [0.4, 0.5) is 0 Å². The summed E-state index contributed by atoms with van der Waals surface area (Å²) in [5.74, 6) is 3.41. The average Bonchev–Trinajstić information content (AvgIpc) is 3.01. The zero-order valence-corrected chi connectivity index (χ0v) is 18.0. The number of methoxy groups -OCH3 is 2. The Morgan fingerprint density at radius 2 is 1.66 bits per heavy atom. The van der Waals surface area contributed by atoms with Crippen LogP contribution in [-0.4, -0.2) is 50.7 Å². The van der Waals surface area contributed by atoms with Crippen LogP contribution in [0, 0.1) is 11.8 Å². The number of ether oxygens (including phenoxy) is 2. The van der Waals surface area contributed by atoms with E-state index < -0.39 is 0 Å². The number of carbonyl (C=O) groups excluding carboxylic acids is 1. The Morgan fingerprint density at radius 3 is 2.34 bits per heavy atom. The van der Waals surface area contributed by atoms with Gasteiger partial charge in [-0.05, 0) is 68.3 Å². The molecule has 2 aliphatic carbocycles. The van der Waals surface area contributed by atoms with Crippen molar-refractivity contribution in [1.29, 1.82) is 0 Å². The minimum atomic E-state index is 0.200. The topological polar surface area (TPSA) is 50.8 Å². The van der Waals surface area contributed by atoms with Crippen molar-refractivity contribution in [3.05, 3.63) is 23.8 Å². The monoisotopic (exact) mass is 400 g/mol. The first-order valence-electron chi connectivity index (χ1n) is 11.4. The van der Waals surface area contributed by atoms with E-state index in [-0.39, 0.29) is 11.9 Å². The van der Waals surface area contributed by atoms with Crippen LogP contribution < -0.4 is 14.8 Å². The molecule has 1 amide bonds. The van der Waals surface area contributed by atoms with Crippen LogP contribution in [0.1, 0.15) is 62.8 Å². The molecule has 1 N–H and O–H groups in total. The van der Waals surface area contributed by atoms with Crippen LogP contribution in [0.15, 0.2) is 18.2 Å². The maximum atomic E-state index is 12.9. The summed E-state index contributed by atoms with van der Waals surface area (Å²) in [6.07, 6.45) is 10.1. The number of rotatable bonds is 6.